The number of benzene rings is 2. The fourth-order valence-corrected chi connectivity index (χ4v) is 3.70. The van der Waals surface area contributed by atoms with E-state index >= 15 is 0 Å². The predicted molar refractivity (Wildman–Crippen MR) is 131 cm³/mol. The van der Waals surface area contributed by atoms with Crippen LogP contribution in [-0.2, 0) is 13.0 Å². The van der Waals surface area contributed by atoms with Crippen LogP contribution in [0.1, 0.15) is 18.4 Å². The summed E-state index contributed by atoms with van der Waals surface area (Å²) < 4.78 is 3.91. The Hall–Kier alpha value is -3.58. The molecule has 7 nitrogen and oxygen atoms in total. The van der Waals surface area contributed by atoms with Crippen molar-refractivity contribution in [2.24, 2.45) is 0 Å². The smallest absolute Gasteiger partial charge is 0.314 e. The van der Waals surface area contributed by atoms with Crippen LogP contribution < -0.4 is 10.6 Å². The minimum Gasteiger partial charge on any atom is -0.338 e. The standard InChI is InChI=1S/C25H27ClN6O/c26-22-10-8-20(9-11-22)24-21(18-32(30-24)23-6-2-1-3-7-23)12-14-29-25(33)28-13-4-5-16-31-17-15-27-19-31/h1-3,6-11,15,17-19H,4-5,12-14,16H2,(H2,28,29,33). The van der Waals surface area contributed by atoms with Crippen molar-refractivity contribution >= 4 is 17.6 Å². The number of carbonyl (C=O) groups excluding carboxylic acids is 1. The number of aromatic nitrogens is 4. The number of aryl methyl sites for hydroxylation is 1. The van der Waals surface area contributed by atoms with Crippen LogP contribution in [0, 0.1) is 0 Å². The Morgan fingerprint density at radius 1 is 0.970 bits per heavy atom. The summed E-state index contributed by atoms with van der Waals surface area (Å²) in [5.74, 6) is 0. The Balaban J connectivity index is 1.31. The molecule has 0 fully saturated rings. The molecule has 8 heteroatoms. The van der Waals surface area contributed by atoms with Gasteiger partial charge in [-0.3, -0.25) is 0 Å². The van der Waals surface area contributed by atoms with Gasteiger partial charge in [-0.25, -0.2) is 14.5 Å². The maximum absolute atomic E-state index is 12.2. The first kappa shape index (κ1) is 22.6. The maximum Gasteiger partial charge on any atom is 0.314 e. The molecule has 33 heavy (non-hydrogen) atoms. The van der Waals surface area contributed by atoms with E-state index in [0.29, 0.717) is 24.5 Å². The van der Waals surface area contributed by atoms with Gasteiger partial charge in [-0.1, -0.05) is 41.9 Å². The lowest BCUT2D eigenvalue weighted by molar-refractivity contribution is 0.241. The Morgan fingerprint density at radius 3 is 2.52 bits per heavy atom. The number of unbranched alkanes of at least 4 members (excludes halogenated alkanes) is 1. The summed E-state index contributed by atoms with van der Waals surface area (Å²) in [6.07, 6.45) is 10.1. The SMILES string of the molecule is O=C(NCCCCn1ccnc1)NCCc1cn(-c2ccccc2)nc1-c1ccc(Cl)cc1. The summed E-state index contributed by atoms with van der Waals surface area (Å²) in [6.45, 7) is 2.06. The molecule has 0 unspecified atom stereocenters. The van der Waals surface area contributed by atoms with Crippen molar-refractivity contribution in [3.8, 4) is 16.9 Å². The molecule has 4 aromatic rings. The van der Waals surface area contributed by atoms with E-state index in [4.69, 9.17) is 16.7 Å². The number of carbonyl (C=O) groups is 1. The van der Waals surface area contributed by atoms with Crippen molar-refractivity contribution in [3.63, 3.8) is 0 Å². The Kier molecular flexibility index (Phi) is 7.76. The average molecular weight is 463 g/mol. The fraction of sp³-hybridized carbons (Fsp3) is 0.240. The minimum absolute atomic E-state index is 0.152. The van der Waals surface area contributed by atoms with Gasteiger partial charge in [-0.2, -0.15) is 5.10 Å². The molecule has 0 aliphatic carbocycles. The first-order valence-corrected chi connectivity index (χ1v) is 11.4. The first-order chi connectivity index (χ1) is 16.2. The molecule has 4 rings (SSSR count). The number of amides is 2. The van der Waals surface area contributed by atoms with E-state index in [9.17, 15) is 4.79 Å². The summed E-state index contributed by atoms with van der Waals surface area (Å²) in [5.41, 5.74) is 3.92. The number of urea groups is 1. The molecule has 2 aromatic carbocycles. The monoisotopic (exact) mass is 462 g/mol. The van der Waals surface area contributed by atoms with Crippen LogP contribution in [0.25, 0.3) is 16.9 Å². The van der Waals surface area contributed by atoms with E-state index in [-0.39, 0.29) is 6.03 Å². The third-order valence-corrected chi connectivity index (χ3v) is 5.55. The van der Waals surface area contributed by atoms with Gasteiger partial charge < -0.3 is 15.2 Å². The van der Waals surface area contributed by atoms with Crippen molar-refractivity contribution in [2.45, 2.75) is 25.8 Å². The van der Waals surface area contributed by atoms with Gasteiger partial charge in [0, 0.05) is 54.4 Å². The first-order valence-electron chi connectivity index (χ1n) is 11.1. The zero-order valence-electron chi connectivity index (χ0n) is 18.3. The number of nitrogens with zero attached hydrogens (tertiary/aromatic N) is 4. The van der Waals surface area contributed by atoms with Gasteiger partial charge >= 0.3 is 6.03 Å². The zero-order chi connectivity index (χ0) is 22.9. The van der Waals surface area contributed by atoms with Crippen molar-refractivity contribution in [3.05, 3.63) is 90.1 Å². The summed E-state index contributed by atoms with van der Waals surface area (Å²) in [4.78, 5) is 16.2. The van der Waals surface area contributed by atoms with Crippen molar-refractivity contribution in [2.75, 3.05) is 13.1 Å². The highest BCUT2D eigenvalue weighted by atomic mass is 35.5. The highest BCUT2D eigenvalue weighted by Crippen LogP contribution is 2.25. The second kappa shape index (κ2) is 11.3. The van der Waals surface area contributed by atoms with Gasteiger partial charge in [0.2, 0.25) is 0 Å². The van der Waals surface area contributed by atoms with Crippen LogP contribution in [-0.4, -0.2) is 38.5 Å². The second-order valence-electron chi connectivity index (χ2n) is 7.73. The van der Waals surface area contributed by atoms with Gasteiger partial charge in [0.25, 0.3) is 0 Å². The molecule has 2 heterocycles. The van der Waals surface area contributed by atoms with Crippen LogP contribution in [0.4, 0.5) is 4.79 Å². The maximum atomic E-state index is 12.2. The van der Waals surface area contributed by atoms with Gasteiger partial charge in [-0.05, 0) is 43.5 Å². The Morgan fingerprint density at radius 2 is 1.76 bits per heavy atom. The predicted octanol–water partition coefficient (Wildman–Crippen LogP) is 4.71. The largest absolute Gasteiger partial charge is 0.338 e. The van der Waals surface area contributed by atoms with Crippen LogP contribution in [0.5, 0.6) is 0 Å². The van der Waals surface area contributed by atoms with Crippen LogP contribution in [0.2, 0.25) is 5.02 Å². The molecule has 0 radical (unpaired) electrons. The van der Waals surface area contributed by atoms with Crippen LogP contribution >= 0.6 is 11.6 Å². The van der Waals surface area contributed by atoms with E-state index < -0.39 is 0 Å². The van der Waals surface area contributed by atoms with Gasteiger partial charge in [0.1, 0.15) is 0 Å². The number of halogens is 1. The Labute approximate surface area is 198 Å². The van der Waals surface area contributed by atoms with Crippen molar-refractivity contribution in [1.29, 1.82) is 0 Å². The minimum atomic E-state index is -0.152. The molecule has 2 N–H and O–H groups in total. The lowest BCUT2D eigenvalue weighted by Crippen LogP contribution is -2.37. The highest BCUT2D eigenvalue weighted by Gasteiger charge is 2.13. The summed E-state index contributed by atoms with van der Waals surface area (Å²) in [7, 11) is 0. The van der Waals surface area contributed by atoms with Crippen LogP contribution in [0.3, 0.4) is 0 Å². The van der Waals surface area contributed by atoms with Gasteiger partial charge in [-0.15, -0.1) is 0 Å². The van der Waals surface area contributed by atoms with E-state index in [1.807, 2.05) is 76.2 Å². The average Bonchev–Trinajstić information content (AvgIpc) is 3.50. The van der Waals surface area contributed by atoms with Crippen LogP contribution in [0.15, 0.2) is 79.5 Å². The normalized spacial score (nSPS) is 10.8. The number of para-hydroxylation sites is 1. The Bertz CT molecular complexity index is 1140. The second-order valence-corrected chi connectivity index (χ2v) is 8.17. The van der Waals surface area contributed by atoms with Gasteiger partial charge in [0.15, 0.2) is 0 Å². The molecule has 0 aliphatic heterocycles. The molecular formula is C25H27ClN6O. The van der Waals surface area contributed by atoms with E-state index in [2.05, 4.69) is 15.6 Å². The number of nitrogens with one attached hydrogen (secondary N) is 2. The summed E-state index contributed by atoms with van der Waals surface area (Å²) >= 11 is 6.06. The molecule has 0 spiro atoms. The molecule has 170 valence electrons. The number of hydrogen-bond donors (Lipinski definition) is 2. The zero-order valence-corrected chi connectivity index (χ0v) is 19.1. The molecule has 2 amide bonds. The van der Waals surface area contributed by atoms with Crippen molar-refractivity contribution in [1.82, 2.24) is 30.0 Å². The number of rotatable bonds is 10. The van der Waals surface area contributed by atoms with E-state index in [1.54, 1.807) is 12.5 Å². The highest BCUT2D eigenvalue weighted by molar-refractivity contribution is 6.30. The number of imidazole rings is 1. The molecular weight excluding hydrogens is 436 g/mol. The molecule has 0 saturated heterocycles. The third-order valence-electron chi connectivity index (χ3n) is 5.30. The molecule has 0 atom stereocenters. The van der Waals surface area contributed by atoms with E-state index in [1.165, 1.54) is 0 Å². The summed E-state index contributed by atoms with van der Waals surface area (Å²) in [6, 6.07) is 17.5. The summed E-state index contributed by atoms with van der Waals surface area (Å²) in [5, 5.41) is 11.4. The quantitative estimate of drug-likeness (QED) is 0.335. The lowest BCUT2D eigenvalue weighted by atomic mass is 10.1. The van der Waals surface area contributed by atoms with E-state index in [0.717, 1.165) is 41.9 Å². The molecule has 0 bridgehead atoms. The topological polar surface area (TPSA) is 76.8 Å². The van der Waals surface area contributed by atoms with Crippen molar-refractivity contribution < 1.29 is 4.79 Å². The lowest BCUT2D eigenvalue weighted by Gasteiger charge is -2.08. The molecule has 0 saturated carbocycles. The fourth-order valence-electron chi connectivity index (χ4n) is 3.57. The third kappa shape index (κ3) is 6.46. The molecule has 2 aromatic heterocycles. The molecule has 0 aliphatic rings. The number of hydrogen-bond acceptors (Lipinski definition) is 3. The van der Waals surface area contributed by atoms with Gasteiger partial charge in [0.05, 0.1) is 17.7 Å².